The number of hydrogen-bond donors (Lipinski definition) is 2. The molecule has 0 saturated carbocycles. The molecule has 112 valence electrons. The van der Waals surface area contributed by atoms with Crippen LogP contribution in [-0.4, -0.2) is 47.3 Å². The molecular formula is C14H19FN6. The second kappa shape index (κ2) is 7.49. The summed E-state index contributed by atoms with van der Waals surface area (Å²) in [5, 5.41) is 14.1. The van der Waals surface area contributed by atoms with E-state index in [0.29, 0.717) is 18.3 Å². The van der Waals surface area contributed by atoms with Crippen LogP contribution in [0.5, 0.6) is 0 Å². The van der Waals surface area contributed by atoms with E-state index in [0.717, 1.165) is 18.7 Å². The Kier molecular flexibility index (Phi) is 5.39. The van der Waals surface area contributed by atoms with Gasteiger partial charge in [-0.2, -0.15) is 10.1 Å². The van der Waals surface area contributed by atoms with Crippen LogP contribution in [0.3, 0.4) is 0 Å². The molecule has 0 saturated heterocycles. The molecule has 2 rings (SSSR count). The Morgan fingerprint density at radius 1 is 1.14 bits per heavy atom. The molecule has 0 aliphatic heterocycles. The fourth-order valence-corrected chi connectivity index (χ4v) is 1.65. The quantitative estimate of drug-likeness (QED) is 0.807. The normalized spacial score (nSPS) is 10.7. The van der Waals surface area contributed by atoms with Crippen LogP contribution in [0.4, 0.5) is 16.2 Å². The summed E-state index contributed by atoms with van der Waals surface area (Å²) in [5.74, 6) is 0.873. The van der Waals surface area contributed by atoms with Gasteiger partial charge >= 0.3 is 0 Å². The molecule has 0 fully saturated rings. The SMILES string of the molecule is CN(C)CCNc1nncc(NCc2ccc(F)cc2)n1. The molecule has 0 aliphatic carbocycles. The van der Waals surface area contributed by atoms with Gasteiger partial charge in [0.2, 0.25) is 5.95 Å². The van der Waals surface area contributed by atoms with Gasteiger partial charge < -0.3 is 15.5 Å². The standard InChI is InChI=1S/C14H19FN6/c1-21(2)8-7-16-14-19-13(10-18-20-14)17-9-11-3-5-12(15)6-4-11/h3-6,10H,7-9H2,1-2H3,(H2,16,17,19,20). The van der Waals surface area contributed by atoms with Gasteiger partial charge in [0.1, 0.15) is 5.82 Å². The lowest BCUT2D eigenvalue weighted by atomic mass is 10.2. The van der Waals surface area contributed by atoms with Crippen molar-refractivity contribution in [3.8, 4) is 0 Å². The van der Waals surface area contributed by atoms with E-state index in [9.17, 15) is 4.39 Å². The molecule has 6 nitrogen and oxygen atoms in total. The zero-order valence-corrected chi connectivity index (χ0v) is 12.2. The molecule has 1 aromatic carbocycles. The second-order valence-corrected chi connectivity index (χ2v) is 4.88. The third-order valence-corrected chi connectivity index (χ3v) is 2.79. The van der Waals surface area contributed by atoms with Crippen LogP contribution < -0.4 is 10.6 Å². The monoisotopic (exact) mass is 290 g/mol. The molecule has 1 aromatic heterocycles. The number of nitrogens with zero attached hydrogens (tertiary/aromatic N) is 4. The van der Waals surface area contributed by atoms with Gasteiger partial charge in [0.15, 0.2) is 5.82 Å². The van der Waals surface area contributed by atoms with Crippen molar-refractivity contribution < 1.29 is 4.39 Å². The van der Waals surface area contributed by atoms with Crippen LogP contribution in [0, 0.1) is 5.82 Å². The zero-order valence-electron chi connectivity index (χ0n) is 12.2. The maximum absolute atomic E-state index is 12.8. The summed E-state index contributed by atoms with van der Waals surface area (Å²) in [5.41, 5.74) is 0.970. The molecule has 0 amide bonds. The van der Waals surface area contributed by atoms with Crippen LogP contribution in [-0.2, 0) is 6.54 Å². The number of likely N-dealkylation sites (N-methyl/N-ethyl adjacent to an activating group) is 1. The number of halogens is 1. The van der Waals surface area contributed by atoms with Crippen molar-refractivity contribution in [2.24, 2.45) is 0 Å². The number of nitrogens with one attached hydrogen (secondary N) is 2. The third kappa shape index (κ3) is 5.31. The van der Waals surface area contributed by atoms with Gasteiger partial charge in [-0.25, -0.2) is 4.39 Å². The van der Waals surface area contributed by atoms with E-state index in [4.69, 9.17) is 0 Å². The average Bonchev–Trinajstić information content (AvgIpc) is 2.47. The smallest absolute Gasteiger partial charge is 0.244 e. The van der Waals surface area contributed by atoms with Crippen LogP contribution in [0.2, 0.25) is 0 Å². The number of aromatic nitrogens is 3. The summed E-state index contributed by atoms with van der Waals surface area (Å²) in [7, 11) is 4.00. The van der Waals surface area contributed by atoms with Gasteiger partial charge in [-0.05, 0) is 31.8 Å². The van der Waals surface area contributed by atoms with Crippen LogP contribution in [0.1, 0.15) is 5.56 Å². The molecule has 0 bridgehead atoms. The highest BCUT2D eigenvalue weighted by Gasteiger charge is 2.01. The zero-order chi connectivity index (χ0) is 15.1. The maximum atomic E-state index is 12.8. The molecule has 2 aromatic rings. The molecule has 0 radical (unpaired) electrons. The Bertz CT molecular complexity index is 558. The van der Waals surface area contributed by atoms with Crippen molar-refractivity contribution in [1.82, 2.24) is 20.1 Å². The molecule has 0 atom stereocenters. The highest BCUT2D eigenvalue weighted by atomic mass is 19.1. The first-order valence-electron chi connectivity index (χ1n) is 6.70. The third-order valence-electron chi connectivity index (χ3n) is 2.79. The van der Waals surface area contributed by atoms with E-state index >= 15 is 0 Å². The number of hydrogen-bond acceptors (Lipinski definition) is 6. The Hall–Kier alpha value is -2.28. The molecule has 2 N–H and O–H groups in total. The number of anilines is 2. The molecule has 0 aliphatic rings. The van der Waals surface area contributed by atoms with Gasteiger partial charge in [0.05, 0.1) is 6.20 Å². The summed E-state index contributed by atoms with van der Waals surface area (Å²) in [6.07, 6.45) is 1.56. The number of rotatable bonds is 7. The van der Waals surface area contributed by atoms with Gasteiger partial charge in [-0.15, -0.1) is 5.10 Å². The Labute approximate surface area is 123 Å². The summed E-state index contributed by atoms with van der Waals surface area (Å²) < 4.78 is 12.8. The largest absolute Gasteiger partial charge is 0.365 e. The fourth-order valence-electron chi connectivity index (χ4n) is 1.65. The second-order valence-electron chi connectivity index (χ2n) is 4.88. The maximum Gasteiger partial charge on any atom is 0.244 e. The van der Waals surface area contributed by atoms with E-state index in [1.165, 1.54) is 12.1 Å². The van der Waals surface area contributed by atoms with Gasteiger partial charge in [-0.3, -0.25) is 0 Å². The molecule has 0 unspecified atom stereocenters. The Balaban J connectivity index is 1.87. The Morgan fingerprint density at radius 2 is 1.90 bits per heavy atom. The molecular weight excluding hydrogens is 271 g/mol. The Morgan fingerprint density at radius 3 is 2.62 bits per heavy atom. The van der Waals surface area contributed by atoms with Gasteiger partial charge in [-0.1, -0.05) is 12.1 Å². The van der Waals surface area contributed by atoms with E-state index in [2.05, 4.69) is 30.7 Å². The van der Waals surface area contributed by atoms with E-state index in [1.54, 1.807) is 18.3 Å². The van der Waals surface area contributed by atoms with Crippen molar-refractivity contribution >= 4 is 11.8 Å². The van der Waals surface area contributed by atoms with Crippen LogP contribution in [0.25, 0.3) is 0 Å². The van der Waals surface area contributed by atoms with Gasteiger partial charge in [0.25, 0.3) is 0 Å². The lowest BCUT2D eigenvalue weighted by Gasteiger charge is -2.10. The van der Waals surface area contributed by atoms with E-state index < -0.39 is 0 Å². The first-order chi connectivity index (χ1) is 10.1. The lowest BCUT2D eigenvalue weighted by Crippen LogP contribution is -2.21. The van der Waals surface area contributed by atoms with Crippen LogP contribution >= 0.6 is 0 Å². The van der Waals surface area contributed by atoms with Crippen molar-refractivity contribution in [2.75, 3.05) is 37.8 Å². The lowest BCUT2D eigenvalue weighted by molar-refractivity contribution is 0.425. The average molecular weight is 290 g/mol. The minimum absolute atomic E-state index is 0.241. The predicted molar refractivity (Wildman–Crippen MR) is 80.6 cm³/mol. The molecule has 1 heterocycles. The van der Waals surface area contributed by atoms with Crippen molar-refractivity contribution in [2.45, 2.75) is 6.54 Å². The highest BCUT2D eigenvalue weighted by Crippen LogP contribution is 2.07. The summed E-state index contributed by atoms with van der Waals surface area (Å²) in [6.45, 7) is 2.18. The number of benzene rings is 1. The topological polar surface area (TPSA) is 66.0 Å². The summed E-state index contributed by atoms with van der Waals surface area (Å²) in [4.78, 5) is 6.38. The predicted octanol–water partition coefficient (Wildman–Crippen LogP) is 1.60. The summed E-state index contributed by atoms with van der Waals surface area (Å²) >= 11 is 0. The molecule has 7 heteroatoms. The molecule has 21 heavy (non-hydrogen) atoms. The van der Waals surface area contributed by atoms with E-state index in [-0.39, 0.29) is 5.82 Å². The minimum atomic E-state index is -0.241. The van der Waals surface area contributed by atoms with Crippen LogP contribution in [0.15, 0.2) is 30.5 Å². The fraction of sp³-hybridized carbons (Fsp3) is 0.357. The van der Waals surface area contributed by atoms with E-state index in [1.807, 2.05) is 14.1 Å². The van der Waals surface area contributed by atoms with Gasteiger partial charge in [0, 0.05) is 19.6 Å². The summed E-state index contributed by atoms with van der Waals surface area (Å²) in [6, 6.07) is 6.33. The van der Waals surface area contributed by atoms with Crippen molar-refractivity contribution in [3.05, 3.63) is 41.8 Å². The first kappa shape index (κ1) is 15.1. The first-order valence-corrected chi connectivity index (χ1v) is 6.70. The minimum Gasteiger partial charge on any atom is -0.365 e. The van der Waals surface area contributed by atoms with Crippen molar-refractivity contribution in [3.63, 3.8) is 0 Å². The van der Waals surface area contributed by atoms with Crippen molar-refractivity contribution in [1.29, 1.82) is 0 Å². The molecule has 0 spiro atoms. The highest BCUT2D eigenvalue weighted by molar-refractivity contribution is 5.37.